The fourth-order valence-corrected chi connectivity index (χ4v) is 10.9. The number of benzene rings is 10. The van der Waals surface area contributed by atoms with Gasteiger partial charge in [-0.25, -0.2) is 4.98 Å². The molecule has 0 aliphatic carbocycles. The van der Waals surface area contributed by atoms with Crippen molar-refractivity contribution in [3.8, 4) is 67.5 Å². The molecule has 5 heterocycles. The molecule has 2 aliphatic heterocycles. The summed E-state index contributed by atoms with van der Waals surface area (Å²) in [6.45, 7) is 4.26. The van der Waals surface area contributed by atoms with Gasteiger partial charge in [-0.1, -0.05) is 157 Å². The van der Waals surface area contributed by atoms with Gasteiger partial charge in [0, 0.05) is 33.4 Å². The first-order valence-electron chi connectivity index (χ1n) is 23.8. The van der Waals surface area contributed by atoms with Crippen molar-refractivity contribution in [3.05, 3.63) is 205 Å². The van der Waals surface area contributed by atoms with Gasteiger partial charge in [-0.2, -0.15) is 0 Å². The van der Waals surface area contributed by atoms with Crippen LogP contribution >= 0.6 is 0 Å². The first-order valence-corrected chi connectivity index (χ1v) is 23.8. The zero-order valence-electron chi connectivity index (χ0n) is 38.5. The van der Waals surface area contributed by atoms with Crippen LogP contribution in [-0.4, -0.2) is 19.9 Å². The Morgan fingerprint density at radius 2 is 0.620 bits per heavy atom. The molecule has 10 aromatic carbocycles. The number of aromatic nitrogens is 6. The number of rotatable bonds is 2. The molecule has 3 aromatic heterocycles. The first-order chi connectivity index (χ1) is 34.5. The number of hydrogen-bond acceptors (Lipinski definition) is 4. The van der Waals surface area contributed by atoms with Crippen LogP contribution in [0, 0.1) is 13.8 Å². The van der Waals surface area contributed by atoms with Crippen LogP contribution in [0.1, 0.15) is 11.1 Å². The minimum absolute atomic E-state index is 0. The van der Waals surface area contributed by atoms with Crippen molar-refractivity contribution in [2.45, 2.75) is 13.8 Å². The molecular weight excluding hydrogens is 1050 g/mol. The molecule has 13 aromatic rings. The molecule has 0 saturated carbocycles. The quantitative estimate of drug-likeness (QED) is 0.172. The number of aryl methyl sites for hydroxylation is 2. The normalized spacial score (nSPS) is 12.0. The van der Waals surface area contributed by atoms with Gasteiger partial charge < -0.3 is 19.9 Å². The molecule has 0 fully saturated rings. The molecule has 0 spiro atoms. The van der Waals surface area contributed by atoms with Crippen molar-refractivity contribution >= 4 is 87.0 Å². The molecule has 0 radical (unpaired) electrons. The van der Waals surface area contributed by atoms with Crippen LogP contribution in [0.4, 0.5) is 0 Å². The maximum atomic E-state index is 5.97. The second-order valence-electron chi connectivity index (χ2n) is 18.8. The predicted octanol–water partition coefficient (Wildman–Crippen LogP) is 15.9. The van der Waals surface area contributed by atoms with E-state index >= 15 is 0 Å². The molecule has 0 saturated heterocycles. The zero-order chi connectivity index (χ0) is 46.2. The fourth-order valence-electron chi connectivity index (χ4n) is 10.9. The third-order valence-electron chi connectivity index (χ3n) is 14.4. The van der Waals surface area contributed by atoms with Gasteiger partial charge in [-0.05, 0) is 160 Å². The SMILES string of the molecule is Cc1ccc(-c2c3nc(c(-c4ccc(C)cc4)c4[n-]c(nc5nc(nc6[n-]c2c2cc7ccccc7cc62)-c2cc6ccccc6cc2-5)c2cc5ccccc5cc42)-c2cc4ccccc4cc2-3)cc1.[Pt+2]. The van der Waals surface area contributed by atoms with Gasteiger partial charge in [0.05, 0.1) is 23.0 Å². The average molecular weight is 1090 g/mol. The Labute approximate surface area is 422 Å². The topological polar surface area (TPSA) is 79.8 Å². The van der Waals surface area contributed by atoms with Crippen LogP contribution < -0.4 is 9.97 Å². The van der Waals surface area contributed by atoms with Gasteiger partial charge in [-0.15, -0.1) is 0 Å². The van der Waals surface area contributed by atoms with E-state index in [0.717, 1.165) is 132 Å². The smallest absolute Gasteiger partial charge is 0.435 e. The van der Waals surface area contributed by atoms with Crippen molar-refractivity contribution in [1.82, 2.24) is 29.9 Å². The Morgan fingerprint density at radius 1 is 0.310 bits per heavy atom. The molecule has 0 amide bonds. The van der Waals surface area contributed by atoms with Crippen LogP contribution in [-0.2, 0) is 21.1 Å². The van der Waals surface area contributed by atoms with E-state index in [0.29, 0.717) is 22.9 Å². The summed E-state index contributed by atoms with van der Waals surface area (Å²) in [4.78, 5) is 33.7. The summed E-state index contributed by atoms with van der Waals surface area (Å²) in [5.74, 6) is 1.11. The summed E-state index contributed by atoms with van der Waals surface area (Å²) in [6.07, 6.45) is 0. The second-order valence-corrected chi connectivity index (χ2v) is 18.8. The maximum absolute atomic E-state index is 5.97. The van der Waals surface area contributed by atoms with Crippen LogP contribution in [0.3, 0.4) is 0 Å². The Balaban J connectivity index is 0.00000470. The molecule has 334 valence electrons. The third kappa shape index (κ3) is 6.45. The van der Waals surface area contributed by atoms with E-state index in [-0.39, 0.29) is 21.1 Å². The van der Waals surface area contributed by atoms with Gasteiger partial charge in [-0.3, -0.25) is 4.98 Å². The van der Waals surface area contributed by atoms with Crippen LogP contribution in [0.5, 0.6) is 0 Å². The van der Waals surface area contributed by atoms with E-state index in [9.17, 15) is 0 Å². The molecule has 2 aliphatic rings. The largest absolute Gasteiger partial charge is 2.00 e. The molecular formula is C64H38N6Pt. The molecule has 8 bridgehead atoms. The van der Waals surface area contributed by atoms with E-state index in [2.05, 4.69) is 208 Å². The number of nitrogens with zero attached hydrogens (tertiary/aromatic N) is 6. The molecule has 0 atom stereocenters. The minimum atomic E-state index is 0. The van der Waals surface area contributed by atoms with Crippen molar-refractivity contribution < 1.29 is 21.1 Å². The summed E-state index contributed by atoms with van der Waals surface area (Å²) in [5, 5.41) is 12.8. The van der Waals surface area contributed by atoms with E-state index in [1.807, 2.05) is 0 Å². The molecule has 15 rings (SSSR count). The molecule has 0 N–H and O–H groups in total. The van der Waals surface area contributed by atoms with Crippen molar-refractivity contribution in [1.29, 1.82) is 0 Å². The van der Waals surface area contributed by atoms with Gasteiger partial charge in [0.15, 0.2) is 0 Å². The monoisotopic (exact) mass is 1090 g/mol. The Bertz CT molecular complexity index is 4320. The molecule has 71 heavy (non-hydrogen) atoms. The van der Waals surface area contributed by atoms with Gasteiger partial charge in [0.2, 0.25) is 0 Å². The minimum Gasteiger partial charge on any atom is -0.435 e. The van der Waals surface area contributed by atoms with Crippen molar-refractivity contribution in [2.24, 2.45) is 0 Å². The van der Waals surface area contributed by atoms with Crippen LogP contribution in [0.15, 0.2) is 194 Å². The predicted molar refractivity (Wildman–Crippen MR) is 289 cm³/mol. The Hall–Kier alpha value is -8.57. The van der Waals surface area contributed by atoms with Gasteiger partial charge in [0.1, 0.15) is 0 Å². The van der Waals surface area contributed by atoms with E-state index < -0.39 is 0 Å². The molecule has 6 nitrogen and oxygen atoms in total. The van der Waals surface area contributed by atoms with Gasteiger partial charge >= 0.3 is 21.1 Å². The number of hydrogen-bond donors (Lipinski definition) is 0. The van der Waals surface area contributed by atoms with E-state index in [1.165, 1.54) is 11.1 Å². The summed E-state index contributed by atoms with van der Waals surface area (Å²) < 4.78 is 0. The number of fused-ring (bicyclic) bond motifs is 24. The Morgan fingerprint density at radius 3 is 0.972 bits per heavy atom. The van der Waals surface area contributed by atoms with Crippen LogP contribution in [0.25, 0.3) is 155 Å². The summed E-state index contributed by atoms with van der Waals surface area (Å²) >= 11 is 0. The average Bonchev–Trinajstić information content (AvgIpc) is 4.13. The second kappa shape index (κ2) is 15.7. The van der Waals surface area contributed by atoms with E-state index in [4.69, 9.17) is 29.9 Å². The third-order valence-corrected chi connectivity index (χ3v) is 14.4. The van der Waals surface area contributed by atoms with E-state index in [1.54, 1.807) is 0 Å². The first kappa shape index (κ1) is 41.4. The molecule has 0 unspecified atom stereocenters. The summed E-state index contributed by atoms with van der Waals surface area (Å²) in [5.41, 5.74) is 14.5. The Kier molecular flexibility index (Phi) is 9.17. The van der Waals surface area contributed by atoms with Crippen molar-refractivity contribution in [2.75, 3.05) is 0 Å². The van der Waals surface area contributed by atoms with Crippen LogP contribution in [0.2, 0.25) is 0 Å². The maximum Gasteiger partial charge on any atom is 2.00 e. The fraction of sp³-hybridized carbons (Fsp3) is 0.0312. The van der Waals surface area contributed by atoms with Crippen molar-refractivity contribution in [3.63, 3.8) is 0 Å². The summed E-state index contributed by atoms with van der Waals surface area (Å²) in [6, 6.07) is 69.6. The molecule has 7 heteroatoms. The summed E-state index contributed by atoms with van der Waals surface area (Å²) in [7, 11) is 0. The van der Waals surface area contributed by atoms with Gasteiger partial charge in [0.25, 0.3) is 0 Å². The standard InChI is InChI=1S/C64H38N6.Pt/c1-35-19-23-37(24-20-35)55-57-47-27-39-11-3-4-12-40(39)28-48(47)58(65-57)56(38-25-21-36(2)22-26-38)60-50-30-42-14-6-8-16-44(42)32-52(50)62(67-60)69-64-54-34-46-18-10-9-17-45(46)33-53(54)63(70-64)68-61-51-31-43-15-7-5-13-41(43)29-49(51)59(55)66-61;/h3-34H,1-2H3;/q-2;+2. The zero-order valence-corrected chi connectivity index (χ0v) is 40.7.